The third-order valence-corrected chi connectivity index (χ3v) is 4.29. The van der Waals surface area contributed by atoms with Crippen LogP contribution < -0.4 is 4.74 Å². The highest BCUT2D eigenvalue weighted by Crippen LogP contribution is 2.41. The summed E-state index contributed by atoms with van der Waals surface area (Å²) in [7, 11) is 0. The first kappa shape index (κ1) is 15.8. The van der Waals surface area contributed by atoms with E-state index >= 15 is 0 Å². The number of rotatable bonds is 1. The fourth-order valence-electron chi connectivity index (χ4n) is 3.03. The van der Waals surface area contributed by atoms with Crippen LogP contribution in [0, 0.1) is 0 Å². The molecule has 0 saturated heterocycles. The quantitative estimate of drug-likeness (QED) is 0.499. The number of ketones is 1. The number of carbonyl (C=O) groups excluding carboxylic acids is 1. The van der Waals surface area contributed by atoms with Gasteiger partial charge < -0.3 is 25.2 Å². The predicted molar refractivity (Wildman–Crippen MR) is 93.1 cm³/mol. The first-order valence-corrected chi connectivity index (χ1v) is 7.84. The van der Waals surface area contributed by atoms with Gasteiger partial charge in [-0.1, -0.05) is 12.1 Å². The van der Waals surface area contributed by atoms with Crippen molar-refractivity contribution in [2.45, 2.75) is 6.42 Å². The Morgan fingerprint density at radius 1 is 0.731 bits per heavy atom. The van der Waals surface area contributed by atoms with E-state index in [1.807, 2.05) is 0 Å². The van der Waals surface area contributed by atoms with Crippen molar-refractivity contribution in [1.29, 1.82) is 0 Å². The van der Waals surface area contributed by atoms with Crippen LogP contribution in [0.1, 0.15) is 15.9 Å². The Hall–Kier alpha value is -3.67. The van der Waals surface area contributed by atoms with Crippen LogP contribution in [0.25, 0.3) is 11.1 Å². The van der Waals surface area contributed by atoms with Gasteiger partial charge in [-0.05, 0) is 35.4 Å². The van der Waals surface area contributed by atoms with Gasteiger partial charge in [0.15, 0.2) is 17.3 Å². The van der Waals surface area contributed by atoms with Crippen LogP contribution in [-0.4, -0.2) is 26.2 Å². The standard InChI is InChI=1S/C20H14O6/c21-13-8-17(25)20-16(24)7-12-5-10(2-4-18(12)26-19(20)9-13)11-1-3-14(22)15(23)6-11/h1-6,8-9,21-23,25H,7H2. The predicted octanol–water partition coefficient (Wildman–Crippen LogP) is 3.71. The molecule has 26 heavy (non-hydrogen) atoms. The summed E-state index contributed by atoms with van der Waals surface area (Å²) in [6, 6.07) is 12.0. The van der Waals surface area contributed by atoms with Gasteiger partial charge in [-0.15, -0.1) is 0 Å². The lowest BCUT2D eigenvalue weighted by atomic mass is 9.98. The van der Waals surface area contributed by atoms with Crippen LogP contribution in [0.2, 0.25) is 0 Å². The van der Waals surface area contributed by atoms with Crippen molar-refractivity contribution < 1.29 is 30.0 Å². The van der Waals surface area contributed by atoms with Gasteiger partial charge in [-0.2, -0.15) is 0 Å². The average Bonchev–Trinajstić information content (AvgIpc) is 2.71. The number of phenolic OH excluding ortho intramolecular Hbond substituents is 4. The zero-order valence-corrected chi connectivity index (χ0v) is 13.4. The van der Waals surface area contributed by atoms with Crippen molar-refractivity contribution in [1.82, 2.24) is 0 Å². The number of benzene rings is 3. The summed E-state index contributed by atoms with van der Waals surface area (Å²) in [6.07, 6.45) is 0.0125. The van der Waals surface area contributed by atoms with Crippen molar-refractivity contribution >= 4 is 5.78 Å². The van der Waals surface area contributed by atoms with E-state index in [0.717, 1.165) is 11.6 Å². The topological polar surface area (TPSA) is 107 Å². The van der Waals surface area contributed by atoms with Gasteiger partial charge in [0.1, 0.15) is 28.6 Å². The summed E-state index contributed by atoms with van der Waals surface area (Å²) in [5, 5.41) is 38.8. The van der Waals surface area contributed by atoms with Crippen molar-refractivity contribution in [3.63, 3.8) is 0 Å². The molecular formula is C20H14O6. The molecule has 0 aromatic heterocycles. The van der Waals surface area contributed by atoms with Crippen molar-refractivity contribution in [3.05, 3.63) is 59.7 Å². The minimum atomic E-state index is -0.332. The molecular weight excluding hydrogens is 336 g/mol. The van der Waals surface area contributed by atoms with Gasteiger partial charge in [0.25, 0.3) is 0 Å². The van der Waals surface area contributed by atoms with E-state index in [4.69, 9.17) is 4.74 Å². The first-order chi connectivity index (χ1) is 12.4. The van der Waals surface area contributed by atoms with E-state index in [-0.39, 0.29) is 46.5 Å². The second-order valence-corrected chi connectivity index (χ2v) is 6.07. The second-order valence-electron chi connectivity index (χ2n) is 6.07. The molecule has 0 saturated carbocycles. The molecule has 3 aromatic rings. The summed E-state index contributed by atoms with van der Waals surface area (Å²) in [6.45, 7) is 0. The molecule has 4 N–H and O–H groups in total. The SMILES string of the molecule is O=C1Cc2cc(-c3ccc(O)c(O)c3)ccc2Oc2cc(O)cc(O)c21. The summed E-state index contributed by atoms with van der Waals surface area (Å²) >= 11 is 0. The maximum Gasteiger partial charge on any atom is 0.174 e. The largest absolute Gasteiger partial charge is 0.508 e. The number of phenols is 4. The highest BCUT2D eigenvalue weighted by molar-refractivity contribution is 6.03. The van der Waals surface area contributed by atoms with Crippen LogP contribution in [0.5, 0.6) is 34.5 Å². The smallest absolute Gasteiger partial charge is 0.174 e. The molecule has 6 nitrogen and oxygen atoms in total. The molecule has 130 valence electrons. The fourth-order valence-corrected chi connectivity index (χ4v) is 3.03. The molecule has 1 aliphatic heterocycles. The highest BCUT2D eigenvalue weighted by atomic mass is 16.5. The number of hydrogen-bond acceptors (Lipinski definition) is 6. The van der Waals surface area contributed by atoms with E-state index in [2.05, 4.69) is 0 Å². The molecule has 0 atom stereocenters. The van der Waals surface area contributed by atoms with Gasteiger partial charge in [0.2, 0.25) is 0 Å². The molecule has 1 aliphatic rings. The maximum atomic E-state index is 12.6. The Balaban J connectivity index is 1.80. The normalized spacial score (nSPS) is 12.7. The van der Waals surface area contributed by atoms with E-state index in [1.54, 1.807) is 24.3 Å². The number of Topliss-reactive ketones (excluding diaryl/α,β-unsaturated/α-hetero) is 1. The maximum absolute atomic E-state index is 12.6. The van der Waals surface area contributed by atoms with Gasteiger partial charge in [-0.3, -0.25) is 4.79 Å². The zero-order chi connectivity index (χ0) is 18.4. The monoisotopic (exact) mass is 350 g/mol. The molecule has 0 unspecified atom stereocenters. The second kappa shape index (κ2) is 5.70. The first-order valence-electron chi connectivity index (χ1n) is 7.84. The lowest BCUT2D eigenvalue weighted by molar-refractivity contribution is 0.0991. The summed E-state index contributed by atoms with van der Waals surface area (Å²) in [4.78, 5) is 12.6. The Labute approximate surface area is 148 Å². The van der Waals surface area contributed by atoms with Gasteiger partial charge in [-0.25, -0.2) is 0 Å². The van der Waals surface area contributed by atoms with Crippen LogP contribution >= 0.6 is 0 Å². The van der Waals surface area contributed by atoms with E-state index in [9.17, 15) is 25.2 Å². The number of fused-ring (bicyclic) bond motifs is 2. The Bertz CT molecular complexity index is 1050. The molecule has 6 heteroatoms. The average molecular weight is 350 g/mol. The molecule has 0 aliphatic carbocycles. The van der Waals surface area contributed by atoms with Crippen LogP contribution in [-0.2, 0) is 6.42 Å². The molecule has 4 rings (SSSR count). The molecule has 0 radical (unpaired) electrons. The minimum absolute atomic E-state index is 0.0125. The number of hydrogen-bond donors (Lipinski definition) is 4. The molecule has 1 heterocycles. The molecule has 0 bridgehead atoms. The van der Waals surface area contributed by atoms with Crippen molar-refractivity contribution in [2.24, 2.45) is 0 Å². The highest BCUT2D eigenvalue weighted by Gasteiger charge is 2.25. The Morgan fingerprint density at radius 2 is 1.46 bits per heavy atom. The third-order valence-electron chi connectivity index (χ3n) is 4.29. The lowest BCUT2D eigenvalue weighted by Crippen LogP contribution is -2.02. The Morgan fingerprint density at radius 3 is 2.23 bits per heavy atom. The van der Waals surface area contributed by atoms with Gasteiger partial charge in [0.05, 0.1) is 0 Å². The van der Waals surface area contributed by atoms with Gasteiger partial charge >= 0.3 is 0 Å². The number of ether oxygens (including phenoxy) is 1. The summed E-state index contributed by atoms with van der Waals surface area (Å²) in [5.74, 6) is -0.780. The summed E-state index contributed by atoms with van der Waals surface area (Å²) in [5.41, 5.74) is 2.03. The van der Waals surface area contributed by atoms with Crippen LogP contribution in [0.15, 0.2) is 48.5 Å². The fraction of sp³-hybridized carbons (Fsp3) is 0.0500. The molecule has 0 amide bonds. The molecule has 3 aromatic carbocycles. The van der Waals surface area contributed by atoms with Crippen LogP contribution in [0.3, 0.4) is 0 Å². The van der Waals surface area contributed by atoms with Crippen LogP contribution in [0.4, 0.5) is 0 Å². The van der Waals surface area contributed by atoms with Crippen molar-refractivity contribution in [2.75, 3.05) is 0 Å². The Kier molecular flexibility index (Phi) is 3.47. The van der Waals surface area contributed by atoms with E-state index in [0.29, 0.717) is 16.9 Å². The van der Waals surface area contributed by atoms with E-state index < -0.39 is 0 Å². The molecule has 0 spiro atoms. The third kappa shape index (κ3) is 2.57. The summed E-state index contributed by atoms with van der Waals surface area (Å²) < 4.78 is 5.74. The van der Waals surface area contributed by atoms with Crippen molar-refractivity contribution in [3.8, 4) is 45.6 Å². The number of carbonyl (C=O) groups is 1. The molecule has 0 fully saturated rings. The number of aromatic hydroxyl groups is 4. The lowest BCUT2D eigenvalue weighted by Gasteiger charge is -2.11. The zero-order valence-electron chi connectivity index (χ0n) is 13.4. The van der Waals surface area contributed by atoms with Gasteiger partial charge in [0, 0.05) is 24.1 Å². The minimum Gasteiger partial charge on any atom is -0.508 e. The van der Waals surface area contributed by atoms with E-state index in [1.165, 1.54) is 18.2 Å².